The molecule has 0 aromatic heterocycles. The average molecular weight is 248 g/mol. The van der Waals surface area contributed by atoms with Gasteiger partial charge < -0.3 is 15.4 Å². The fraction of sp³-hybridized carbons (Fsp3) is 0.600. The first-order valence-electron chi connectivity index (χ1n) is 6.94. The summed E-state index contributed by atoms with van der Waals surface area (Å²) in [6.07, 6.45) is 3.58. The van der Waals surface area contributed by atoms with Gasteiger partial charge in [-0.25, -0.2) is 0 Å². The molecular formula is C15H24N2O. The third-order valence-corrected chi connectivity index (χ3v) is 3.70. The second kappa shape index (κ2) is 6.76. The zero-order valence-corrected chi connectivity index (χ0v) is 11.4. The van der Waals surface area contributed by atoms with Crippen LogP contribution in [-0.4, -0.2) is 26.2 Å². The molecule has 0 radical (unpaired) electrons. The first-order valence-corrected chi connectivity index (χ1v) is 6.94. The van der Waals surface area contributed by atoms with Crippen LogP contribution >= 0.6 is 0 Å². The molecule has 2 N–H and O–H groups in total. The molecule has 3 heteroatoms. The maximum absolute atomic E-state index is 5.20. The molecule has 0 amide bonds. The first-order chi connectivity index (χ1) is 8.83. The van der Waals surface area contributed by atoms with E-state index in [1.165, 1.54) is 18.4 Å². The largest absolute Gasteiger partial charge is 0.497 e. The molecule has 1 atom stereocenters. The third-order valence-electron chi connectivity index (χ3n) is 3.70. The highest BCUT2D eigenvalue weighted by Crippen LogP contribution is 2.21. The van der Waals surface area contributed by atoms with Gasteiger partial charge >= 0.3 is 0 Å². The van der Waals surface area contributed by atoms with Crippen molar-refractivity contribution in [3.05, 3.63) is 29.8 Å². The number of hydrogen-bond donors (Lipinski definition) is 2. The van der Waals surface area contributed by atoms with Crippen molar-refractivity contribution in [2.24, 2.45) is 0 Å². The lowest BCUT2D eigenvalue weighted by Crippen LogP contribution is -2.41. The molecule has 2 rings (SSSR count). The van der Waals surface area contributed by atoms with Crippen molar-refractivity contribution in [2.45, 2.75) is 38.3 Å². The van der Waals surface area contributed by atoms with E-state index in [0.717, 1.165) is 25.3 Å². The maximum atomic E-state index is 5.20. The van der Waals surface area contributed by atoms with Gasteiger partial charge in [0.15, 0.2) is 0 Å². The molecule has 1 unspecified atom stereocenters. The Morgan fingerprint density at radius 2 is 1.94 bits per heavy atom. The summed E-state index contributed by atoms with van der Waals surface area (Å²) in [7, 11) is 1.71. The van der Waals surface area contributed by atoms with Crippen molar-refractivity contribution in [1.29, 1.82) is 0 Å². The SMILES string of the molecule is CCC(NC1CCNCC1)c1ccc(OC)cc1. The molecule has 0 saturated carbocycles. The first kappa shape index (κ1) is 13.4. The van der Waals surface area contributed by atoms with Gasteiger partial charge in [0.2, 0.25) is 0 Å². The second-order valence-electron chi connectivity index (χ2n) is 4.92. The van der Waals surface area contributed by atoms with E-state index < -0.39 is 0 Å². The molecule has 1 fully saturated rings. The van der Waals surface area contributed by atoms with Gasteiger partial charge in [-0.2, -0.15) is 0 Å². The molecule has 1 aromatic rings. The molecular weight excluding hydrogens is 224 g/mol. The van der Waals surface area contributed by atoms with Crippen molar-refractivity contribution < 1.29 is 4.74 Å². The van der Waals surface area contributed by atoms with E-state index in [1.54, 1.807) is 7.11 Å². The Morgan fingerprint density at radius 3 is 2.50 bits per heavy atom. The summed E-state index contributed by atoms with van der Waals surface area (Å²) in [6, 6.07) is 9.53. The minimum Gasteiger partial charge on any atom is -0.497 e. The Hall–Kier alpha value is -1.06. The summed E-state index contributed by atoms with van der Waals surface area (Å²) >= 11 is 0. The summed E-state index contributed by atoms with van der Waals surface area (Å²) in [5.74, 6) is 0.926. The third kappa shape index (κ3) is 3.47. The summed E-state index contributed by atoms with van der Waals surface area (Å²) < 4.78 is 5.20. The molecule has 3 nitrogen and oxygen atoms in total. The van der Waals surface area contributed by atoms with Gasteiger partial charge in [-0.3, -0.25) is 0 Å². The van der Waals surface area contributed by atoms with Gasteiger partial charge in [-0.05, 0) is 50.0 Å². The van der Waals surface area contributed by atoms with Gasteiger partial charge in [0, 0.05) is 12.1 Å². The van der Waals surface area contributed by atoms with Crippen LogP contribution in [-0.2, 0) is 0 Å². The zero-order valence-electron chi connectivity index (χ0n) is 11.4. The molecule has 0 bridgehead atoms. The van der Waals surface area contributed by atoms with Crippen LogP contribution in [0.1, 0.15) is 37.8 Å². The fourth-order valence-electron chi connectivity index (χ4n) is 2.56. The van der Waals surface area contributed by atoms with E-state index in [1.807, 2.05) is 12.1 Å². The summed E-state index contributed by atoms with van der Waals surface area (Å²) in [5.41, 5.74) is 1.36. The molecule has 1 heterocycles. The van der Waals surface area contributed by atoms with Crippen molar-refractivity contribution in [3.8, 4) is 5.75 Å². The Balaban J connectivity index is 1.97. The predicted octanol–water partition coefficient (Wildman–Crippen LogP) is 2.49. The van der Waals surface area contributed by atoms with Crippen LogP contribution in [0.4, 0.5) is 0 Å². The Bertz CT molecular complexity index is 344. The molecule has 1 aromatic carbocycles. The normalized spacial score (nSPS) is 18.6. The Labute approximate surface area is 110 Å². The highest BCUT2D eigenvalue weighted by molar-refractivity contribution is 5.29. The molecule has 18 heavy (non-hydrogen) atoms. The van der Waals surface area contributed by atoms with Crippen molar-refractivity contribution in [2.75, 3.05) is 20.2 Å². The summed E-state index contributed by atoms with van der Waals surface area (Å²) in [5, 5.41) is 7.18. The van der Waals surface area contributed by atoms with Gasteiger partial charge in [0.25, 0.3) is 0 Å². The lowest BCUT2D eigenvalue weighted by atomic mass is 10.00. The molecule has 0 spiro atoms. The van der Waals surface area contributed by atoms with Crippen LogP contribution in [0.5, 0.6) is 5.75 Å². The highest BCUT2D eigenvalue weighted by atomic mass is 16.5. The lowest BCUT2D eigenvalue weighted by Gasteiger charge is -2.28. The Morgan fingerprint density at radius 1 is 1.28 bits per heavy atom. The lowest BCUT2D eigenvalue weighted by molar-refractivity contribution is 0.345. The fourth-order valence-corrected chi connectivity index (χ4v) is 2.56. The smallest absolute Gasteiger partial charge is 0.118 e. The number of benzene rings is 1. The summed E-state index contributed by atoms with van der Waals surface area (Å²) in [6.45, 7) is 4.51. The number of rotatable bonds is 5. The number of nitrogens with one attached hydrogen (secondary N) is 2. The van der Waals surface area contributed by atoms with Crippen molar-refractivity contribution >= 4 is 0 Å². The van der Waals surface area contributed by atoms with Crippen LogP contribution in [0.25, 0.3) is 0 Å². The standard InChI is InChI=1S/C15H24N2O/c1-3-15(17-13-8-10-16-11-9-13)12-4-6-14(18-2)7-5-12/h4-7,13,15-17H,3,8-11H2,1-2H3. The molecule has 1 aliphatic heterocycles. The minimum absolute atomic E-state index is 0.457. The number of ether oxygens (including phenoxy) is 1. The molecule has 100 valence electrons. The van der Waals surface area contributed by atoms with E-state index in [2.05, 4.69) is 29.7 Å². The van der Waals surface area contributed by atoms with Crippen LogP contribution in [0.15, 0.2) is 24.3 Å². The van der Waals surface area contributed by atoms with Gasteiger partial charge in [0.05, 0.1) is 7.11 Å². The predicted molar refractivity (Wildman–Crippen MR) is 75.1 cm³/mol. The van der Waals surface area contributed by atoms with Crippen LogP contribution in [0, 0.1) is 0 Å². The maximum Gasteiger partial charge on any atom is 0.118 e. The number of piperidine rings is 1. The van der Waals surface area contributed by atoms with E-state index in [0.29, 0.717) is 12.1 Å². The zero-order chi connectivity index (χ0) is 12.8. The topological polar surface area (TPSA) is 33.3 Å². The average Bonchev–Trinajstić information content (AvgIpc) is 2.46. The highest BCUT2D eigenvalue weighted by Gasteiger charge is 2.17. The van der Waals surface area contributed by atoms with Gasteiger partial charge in [-0.1, -0.05) is 19.1 Å². The monoisotopic (exact) mass is 248 g/mol. The summed E-state index contributed by atoms with van der Waals surface area (Å²) in [4.78, 5) is 0. The second-order valence-corrected chi connectivity index (χ2v) is 4.92. The number of hydrogen-bond acceptors (Lipinski definition) is 3. The molecule has 1 saturated heterocycles. The van der Waals surface area contributed by atoms with Crippen LogP contribution in [0.3, 0.4) is 0 Å². The quantitative estimate of drug-likeness (QED) is 0.840. The van der Waals surface area contributed by atoms with E-state index >= 15 is 0 Å². The van der Waals surface area contributed by atoms with E-state index in [-0.39, 0.29) is 0 Å². The molecule has 1 aliphatic rings. The van der Waals surface area contributed by atoms with E-state index in [9.17, 15) is 0 Å². The Kier molecular flexibility index (Phi) is 5.02. The molecule has 0 aliphatic carbocycles. The van der Waals surface area contributed by atoms with Crippen LogP contribution < -0.4 is 15.4 Å². The van der Waals surface area contributed by atoms with Gasteiger partial charge in [-0.15, -0.1) is 0 Å². The van der Waals surface area contributed by atoms with Gasteiger partial charge in [0.1, 0.15) is 5.75 Å². The van der Waals surface area contributed by atoms with Crippen LogP contribution in [0.2, 0.25) is 0 Å². The number of methoxy groups -OCH3 is 1. The van der Waals surface area contributed by atoms with E-state index in [4.69, 9.17) is 4.74 Å². The van der Waals surface area contributed by atoms with Crippen molar-refractivity contribution in [1.82, 2.24) is 10.6 Å². The minimum atomic E-state index is 0.457. The van der Waals surface area contributed by atoms with Crippen molar-refractivity contribution in [3.63, 3.8) is 0 Å².